The van der Waals surface area contributed by atoms with Gasteiger partial charge in [-0.1, -0.05) is 311 Å². The largest absolute Gasteiger partial charge is 0.462 e. The van der Waals surface area contributed by atoms with E-state index >= 15 is 0 Å². The fourth-order valence-electron chi connectivity index (χ4n) is 9.55. The number of carbonyl (C=O) groups is 3. The maximum Gasteiger partial charge on any atom is 0.306 e. The summed E-state index contributed by atoms with van der Waals surface area (Å²) in [6.45, 7) is 11.4. The first-order valence-electron chi connectivity index (χ1n) is 30.8. The highest BCUT2D eigenvalue weighted by molar-refractivity contribution is 5.71. The van der Waals surface area contributed by atoms with E-state index in [-0.39, 0.29) is 31.1 Å². The maximum atomic E-state index is 12.9. The molecule has 0 saturated heterocycles. The van der Waals surface area contributed by atoms with Crippen LogP contribution in [0, 0.1) is 11.8 Å². The van der Waals surface area contributed by atoms with Gasteiger partial charge in [-0.25, -0.2) is 0 Å². The number of rotatable bonds is 56. The van der Waals surface area contributed by atoms with Gasteiger partial charge in [0.25, 0.3) is 0 Å². The molecule has 0 N–H and O–H groups in total. The minimum absolute atomic E-state index is 0.0627. The van der Waals surface area contributed by atoms with Gasteiger partial charge in [-0.3, -0.25) is 14.4 Å². The molecule has 0 amide bonds. The number of hydrogen-bond donors (Lipinski definition) is 0. The molecule has 0 radical (unpaired) electrons. The van der Waals surface area contributed by atoms with E-state index in [0.717, 1.165) is 69.6 Å². The Morgan fingerprint density at radius 3 is 0.838 bits per heavy atom. The Morgan fingerprint density at radius 2 is 0.559 bits per heavy atom. The lowest BCUT2D eigenvalue weighted by Crippen LogP contribution is -2.30. The van der Waals surface area contributed by atoms with Crippen LogP contribution in [0.1, 0.15) is 349 Å². The van der Waals surface area contributed by atoms with Crippen LogP contribution in [0.3, 0.4) is 0 Å². The van der Waals surface area contributed by atoms with E-state index < -0.39 is 6.10 Å². The third-order valence-electron chi connectivity index (χ3n) is 14.6. The van der Waals surface area contributed by atoms with Crippen molar-refractivity contribution in [2.24, 2.45) is 11.8 Å². The summed E-state index contributed by atoms with van der Waals surface area (Å²) in [6, 6.07) is 0. The standard InChI is InChI=1S/C62H120O6/c1-6-8-9-10-11-12-13-14-15-18-23-26-29-32-39-44-49-54-62(65)68-59(56-67-61(64)53-48-43-38-34-33-35-40-45-50-57(3)4)55-66-60(63)52-47-42-37-31-28-25-22-20-17-16-19-21-24-27-30-36-41-46-51-58(5)7-2/h57-59H,6-56H2,1-5H3/t58?,59-/m0/s1. The highest BCUT2D eigenvalue weighted by Crippen LogP contribution is 2.19. The Balaban J connectivity index is 4.21. The summed E-state index contributed by atoms with van der Waals surface area (Å²) in [4.78, 5) is 38.2. The van der Waals surface area contributed by atoms with Crippen molar-refractivity contribution >= 4 is 17.9 Å². The summed E-state index contributed by atoms with van der Waals surface area (Å²) in [5.74, 6) is 0.868. The molecule has 404 valence electrons. The van der Waals surface area contributed by atoms with Crippen LogP contribution in [-0.2, 0) is 28.6 Å². The zero-order chi connectivity index (χ0) is 49.6. The predicted octanol–water partition coefficient (Wildman–Crippen LogP) is 20.4. The minimum atomic E-state index is -0.763. The van der Waals surface area contributed by atoms with Crippen molar-refractivity contribution in [1.29, 1.82) is 0 Å². The molecule has 2 atom stereocenters. The molecule has 0 fully saturated rings. The molecular formula is C62H120O6. The molecular weight excluding hydrogens is 841 g/mol. The Labute approximate surface area is 425 Å². The van der Waals surface area contributed by atoms with Crippen LogP contribution in [0.4, 0.5) is 0 Å². The van der Waals surface area contributed by atoms with Gasteiger partial charge < -0.3 is 14.2 Å². The Kier molecular flexibility index (Phi) is 53.5. The third-order valence-corrected chi connectivity index (χ3v) is 14.6. The Morgan fingerprint density at radius 1 is 0.309 bits per heavy atom. The lowest BCUT2D eigenvalue weighted by molar-refractivity contribution is -0.167. The first-order chi connectivity index (χ1) is 33.3. The average molecular weight is 962 g/mol. The molecule has 1 unspecified atom stereocenters. The van der Waals surface area contributed by atoms with Crippen LogP contribution in [0.25, 0.3) is 0 Å². The van der Waals surface area contributed by atoms with Crippen molar-refractivity contribution in [3.05, 3.63) is 0 Å². The van der Waals surface area contributed by atoms with Crippen molar-refractivity contribution < 1.29 is 28.6 Å². The van der Waals surface area contributed by atoms with Gasteiger partial charge in [0.15, 0.2) is 6.10 Å². The third kappa shape index (κ3) is 53.8. The summed E-state index contributed by atoms with van der Waals surface area (Å²) >= 11 is 0. The van der Waals surface area contributed by atoms with Crippen LogP contribution in [0.2, 0.25) is 0 Å². The van der Waals surface area contributed by atoms with Crippen LogP contribution < -0.4 is 0 Å². The molecule has 68 heavy (non-hydrogen) atoms. The summed E-state index contributed by atoms with van der Waals surface area (Å²) in [5.41, 5.74) is 0. The Bertz CT molecular complexity index is 1040. The molecule has 0 aromatic carbocycles. The molecule has 0 aliphatic heterocycles. The Hall–Kier alpha value is -1.59. The first-order valence-corrected chi connectivity index (χ1v) is 30.8. The van der Waals surface area contributed by atoms with E-state index in [1.807, 2.05) is 0 Å². The minimum Gasteiger partial charge on any atom is -0.462 e. The lowest BCUT2D eigenvalue weighted by atomic mass is 9.99. The molecule has 0 aliphatic carbocycles. The molecule has 0 rings (SSSR count). The van der Waals surface area contributed by atoms with Gasteiger partial charge in [0.05, 0.1) is 0 Å². The molecule has 6 nitrogen and oxygen atoms in total. The fourth-order valence-corrected chi connectivity index (χ4v) is 9.55. The molecule has 0 aromatic heterocycles. The summed E-state index contributed by atoms with van der Waals surface area (Å²) in [5, 5.41) is 0. The highest BCUT2D eigenvalue weighted by atomic mass is 16.6. The smallest absolute Gasteiger partial charge is 0.306 e. The summed E-state index contributed by atoms with van der Waals surface area (Å²) in [7, 11) is 0. The summed E-state index contributed by atoms with van der Waals surface area (Å²) < 4.78 is 16.9. The number of ether oxygens (including phenoxy) is 3. The van der Waals surface area contributed by atoms with Crippen molar-refractivity contribution in [2.75, 3.05) is 13.2 Å². The quantitative estimate of drug-likeness (QED) is 0.0343. The van der Waals surface area contributed by atoms with Crippen molar-refractivity contribution in [1.82, 2.24) is 0 Å². The number of esters is 3. The van der Waals surface area contributed by atoms with Crippen molar-refractivity contribution in [3.8, 4) is 0 Å². The van der Waals surface area contributed by atoms with Crippen LogP contribution in [-0.4, -0.2) is 37.2 Å². The monoisotopic (exact) mass is 961 g/mol. The SMILES string of the molecule is CCCCCCCCCCCCCCCCCCCC(=O)O[C@@H](COC(=O)CCCCCCCCCCCCCCCCCCCCC(C)CC)COC(=O)CCCCCCCCCCC(C)C. The van der Waals surface area contributed by atoms with E-state index in [0.29, 0.717) is 19.3 Å². The maximum absolute atomic E-state index is 12.9. The predicted molar refractivity (Wildman–Crippen MR) is 293 cm³/mol. The number of unbranched alkanes of at least 4 members (excludes halogenated alkanes) is 40. The highest BCUT2D eigenvalue weighted by Gasteiger charge is 2.19. The van der Waals surface area contributed by atoms with Gasteiger partial charge in [-0.15, -0.1) is 0 Å². The molecule has 0 saturated carbocycles. The second-order valence-electron chi connectivity index (χ2n) is 22.1. The molecule has 0 bridgehead atoms. The first kappa shape index (κ1) is 66.4. The molecule has 0 aromatic rings. The van der Waals surface area contributed by atoms with E-state index in [2.05, 4.69) is 34.6 Å². The normalized spacial score (nSPS) is 12.4. The van der Waals surface area contributed by atoms with Gasteiger partial charge in [-0.05, 0) is 31.1 Å². The van der Waals surface area contributed by atoms with E-state index in [4.69, 9.17) is 14.2 Å². The van der Waals surface area contributed by atoms with Crippen LogP contribution >= 0.6 is 0 Å². The molecule has 0 heterocycles. The van der Waals surface area contributed by atoms with E-state index in [9.17, 15) is 14.4 Å². The zero-order valence-corrected chi connectivity index (χ0v) is 46.7. The van der Waals surface area contributed by atoms with Gasteiger partial charge in [0.2, 0.25) is 0 Å². The van der Waals surface area contributed by atoms with Crippen LogP contribution in [0.15, 0.2) is 0 Å². The van der Waals surface area contributed by atoms with E-state index in [1.54, 1.807) is 0 Å². The van der Waals surface area contributed by atoms with Crippen LogP contribution in [0.5, 0.6) is 0 Å². The van der Waals surface area contributed by atoms with Gasteiger partial charge >= 0.3 is 17.9 Å². The van der Waals surface area contributed by atoms with Crippen molar-refractivity contribution in [3.63, 3.8) is 0 Å². The molecule has 0 spiro atoms. The topological polar surface area (TPSA) is 78.9 Å². The summed E-state index contributed by atoms with van der Waals surface area (Å²) in [6.07, 6.45) is 59.6. The molecule has 0 aliphatic rings. The van der Waals surface area contributed by atoms with Gasteiger partial charge in [0.1, 0.15) is 13.2 Å². The fraction of sp³-hybridized carbons (Fsp3) is 0.952. The lowest BCUT2D eigenvalue weighted by Gasteiger charge is -2.18. The van der Waals surface area contributed by atoms with Crippen molar-refractivity contribution in [2.45, 2.75) is 355 Å². The average Bonchev–Trinajstić information content (AvgIpc) is 3.32. The number of hydrogen-bond acceptors (Lipinski definition) is 6. The second-order valence-corrected chi connectivity index (χ2v) is 22.1. The van der Waals surface area contributed by atoms with E-state index in [1.165, 1.54) is 238 Å². The van der Waals surface area contributed by atoms with Gasteiger partial charge in [-0.2, -0.15) is 0 Å². The second kappa shape index (κ2) is 54.7. The number of carbonyl (C=O) groups excluding carboxylic acids is 3. The zero-order valence-electron chi connectivity index (χ0n) is 46.7. The molecule has 6 heteroatoms. The van der Waals surface area contributed by atoms with Gasteiger partial charge in [0, 0.05) is 19.3 Å².